The molecule has 3 rings (SSSR count). The summed E-state index contributed by atoms with van der Waals surface area (Å²) in [7, 11) is 0. The molecule has 22 heavy (non-hydrogen) atoms. The van der Waals surface area contributed by atoms with Crippen molar-refractivity contribution in [3.8, 4) is 0 Å². The second-order valence-electron chi connectivity index (χ2n) is 4.64. The minimum absolute atomic E-state index is 0.0225. The van der Waals surface area contributed by atoms with Gasteiger partial charge in [-0.2, -0.15) is 0 Å². The number of carboxylic acids is 1. The maximum absolute atomic E-state index is 12.4. The number of hydrogen-bond donors (Lipinski definition) is 1. The van der Waals surface area contributed by atoms with Crippen LogP contribution >= 0.6 is 0 Å². The molecule has 0 spiro atoms. The summed E-state index contributed by atoms with van der Waals surface area (Å²) in [6, 6.07) is 4.84. The van der Waals surface area contributed by atoms with E-state index in [1.54, 1.807) is 0 Å². The van der Waals surface area contributed by atoms with Crippen molar-refractivity contribution in [1.82, 2.24) is 4.98 Å². The average Bonchev–Trinajstić information content (AvgIpc) is 2.47. The van der Waals surface area contributed by atoms with Crippen molar-refractivity contribution in [3.05, 3.63) is 55.9 Å². The van der Waals surface area contributed by atoms with Crippen LogP contribution in [0.2, 0.25) is 0 Å². The number of aromatic carboxylic acids is 1. The third-order valence-electron chi connectivity index (χ3n) is 3.26. The second-order valence-corrected chi connectivity index (χ2v) is 4.64. The molecule has 8 nitrogen and oxygen atoms in total. The molecule has 0 atom stereocenters. The van der Waals surface area contributed by atoms with Crippen molar-refractivity contribution in [2.45, 2.75) is 6.92 Å². The van der Waals surface area contributed by atoms with E-state index >= 15 is 0 Å². The Labute approximate surface area is 121 Å². The Balaban J connectivity index is 2.44. The van der Waals surface area contributed by atoms with Crippen molar-refractivity contribution >= 4 is 33.7 Å². The molecule has 0 radical (unpaired) electrons. The van der Waals surface area contributed by atoms with Crippen molar-refractivity contribution in [3.63, 3.8) is 0 Å². The summed E-state index contributed by atoms with van der Waals surface area (Å²) in [6.45, 7) is 1.46. The van der Waals surface area contributed by atoms with Crippen LogP contribution in [0.1, 0.15) is 16.1 Å². The van der Waals surface area contributed by atoms with Gasteiger partial charge in [0.2, 0.25) is 5.43 Å². The monoisotopic (exact) mass is 300 g/mol. The summed E-state index contributed by atoms with van der Waals surface area (Å²) in [5, 5.41) is 19.9. The zero-order chi connectivity index (χ0) is 16.0. The Morgan fingerprint density at radius 2 is 2.05 bits per heavy atom. The van der Waals surface area contributed by atoms with Crippen LogP contribution in [0.15, 0.2) is 33.5 Å². The van der Waals surface area contributed by atoms with E-state index < -0.39 is 16.3 Å². The minimum atomic E-state index is -1.18. The normalized spacial score (nSPS) is 11.0. The molecule has 2 aromatic heterocycles. The average molecular weight is 300 g/mol. The predicted octanol–water partition coefficient (Wildman–Crippen LogP) is 2.26. The molecule has 1 N–H and O–H groups in total. The lowest BCUT2D eigenvalue weighted by Crippen LogP contribution is -2.09. The van der Waals surface area contributed by atoms with Crippen molar-refractivity contribution < 1.29 is 19.2 Å². The molecule has 0 aliphatic carbocycles. The third kappa shape index (κ3) is 1.97. The lowest BCUT2D eigenvalue weighted by molar-refractivity contribution is -0.384. The maximum atomic E-state index is 12.4. The van der Waals surface area contributed by atoms with Crippen LogP contribution in [0.5, 0.6) is 0 Å². The standard InChI is InChI=1S/C14H8N2O6/c1-6-8(14(18)19)5-11-12(15-6)13(17)9-4-7(16(20)21)2-3-10(9)22-11/h2-5H,1H3,(H,18,19). The first kappa shape index (κ1) is 13.7. The molecular formula is C14H8N2O6. The van der Waals surface area contributed by atoms with E-state index in [-0.39, 0.29) is 39.0 Å². The van der Waals surface area contributed by atoms with Gasteiger partial charge < -0.3 is 9.52 Å². The fraction of sp³-hybridized carbons (Fsp3) is 0.0714. The number of nitro benzene ring substituents is 1. The summed E-state index contributed by atoms with van der Waals surface area (Å²) < 4.78 is 5.46. The molecule has 1 aromatic carbocycles. The number of nitrogens with zero attached hydrogens (tertiary/aromatic N) is 2. The number of carbonyl (C=O) groups is 1. The molecule has 0 amide bonds. The van der Waals surface area contributed by atoms with Crippen LogP contribution in [0.4, 0.5) is 5.69 Å². The van der Waals surface area contributed by atoms with Gasteiger partial charge >= 0.3 is 5.97 Å². The molecule has 0 unspecified atom stereocenters. The zero-order valence-electron chi connectivity index (χ0n) is 11.2. The summed E-state index contributed by atoms with van der Waals surface area (Å²) in [5.41, 5.74) is -0.595. The highest BCUT2D eigenvalue weighted by atomic mass is 16.6. The van der Waals surface area contributed by atoms with Gasteiger partial charge in [0.25, 0.3) is 5.69 Å². The first-order chi connectivity index (χ1) is 10.4. The van der Waals surface area contributed by atoms with Crippen LogP contribution < -0.4 is 5.43 Å². The summed E-state index contributed by atoms with van der Waals surface area (Å²) in [5.74, 6) is -1.18. The lowest BCUT2D eigenvalue weighted by Gasteiger charge is -2.04. The maximum Gasteiger partial charge on any atom is 0.337 e. The van der Waals surface area contributed by atoms with Crippen LogP contribution in [0.25, 0.3) is 22.1 Å². The Hall–Kier alpha value is -3.29. The van der Waals surface area contributed by atoms with E-state index in [4.69, 9.17) is 9.52 Å². The Bertz CT molecular complexity index is 1020. The molecule has 0 aliphatic heterocycles. The van der Waals surface area contributed by atoms with Gasteiger partial charge in [0.05, 0.1) is 21.6 Å². The summed E-state index contributed by atoms with van der Waals surface area (Å²) in [4.78, 5) is 37.6. The quantitative estimate of drug-likeness (QED) is 0.437. The highest BCUT2D eigenvalue weighted by Gasteiger charge is 2.17. The molecule has 0 saturated heterocycles. The van der Waals surface area contributed by atoms with Gasteiger partial charge in [0, 0.05) is 12.1 Å². The number of hydrogen-bond acceptors (Lipinski definition) is 6. The number of aryl methyl sites for hydroxylation is 1. The first-order valence-corrected chi connectivity index (χ1v) is 6.14. The minimum Gasteiger partial charge on any atom is -0.478 e. The highest BCUT2D eigenvalue weighted by Crippen LogP contribution is 2.23. The smallest absolute Gasteiger partial charge is 0.337 e. The molecule has 2 heterocycles. The Morgan fingerprint density at radius 1 is 1.32 bits per heavy atom. The molecule has 0 saturated carbocycles. The van der Waals surface area contributed by atoms with Crippen LogP contribution in [0.3, 0.4) is 0 Å². The van der Waals surface area contributed by atoms with Gasteiger partial charge in [0.15, 0.2) is 11.1 Å². The van der Waals surface area contributed by atoms with E-state index in [2.05, 4.69) is 4.98 Å². The number of pyridine rings is 1. The number of non-ortho nitro benzene ring substituents is 1. The molecule has 0 aliphatic rings. The lowest BCUT2D eigenvalue weighted by atomic mass is 10.1. The second kappa shape index (κ2) is 4.62. The topological polar surface area (TPSA) is 124 Å². The van der Waals surface area contributed by atoms with E-state index in [9.17, 15) is 19.7 Å². The van der Waals surface area contributed by atoms with E-state index in [0.29, 0.717) is 0 Å². The van der Waals surface area contributed by atoms with Gasteiger partial charge in [-0.3, -0.25) is 14.9 Å². The van der Waals surface area contributed by atoms with Crippen LogP contribution in [-0.4, -0.2) is 21.0 Å². The number of benzene rings is 1. The largest absolute Gasteiger partial charge is 0.478 e. The molecule has 8 heteroatoms. The highest BCUT2D eigenvalue weighted by molar-refractivity contribution is 5.95. The van der Waals surface area contributed by atoms with Crippen molar-refractivity contribution in [1.29, 1.82) is 0 Å². The number of rotatable bonds is 2. The van der Waals surface area contributed by atoms with E-state index in [1.807, 2.05) is 0 Å². The fourth-order valence-electron chi connectivity index (χ4n) is 2.19. The fourth-order valence-corrected chi connectivity index (χ4v) is 2.19. The third-order valence-corrected chi connectivity index (χ3v) is 3.26. The van der Waals surface area contributed by atoms with Gasteiger partial charge in [0.1, 0.15) is 5.58 Å². The van der Waals surface area contributed by atoms with Gasteiger partial charge in [-0.15, -0.1) is 0 Å². The van der Waals surface area contributed by atoms with E-state index in [1.165, 1.54) is 25.1 Å². The van der Waals surface area contributed by atoms with Gasteiger partial charge in [-0.25, -0.2) is 9.78 Å². The Kier molecular flexibility index (Phi) is 2.87. The van der Waals surface area contributed by atoms with Crippen LogP contribution in [-0.2, 0) is 0 Å². The number of aromatic nitrogens is 1. The molecule has 3 aromatic rings. The number of fused-ring (bicyclic) bond motifs is 2. The predicted molar refractivity (Wildman–Crippen MR) is 76.1 cm³/mol. The molecule has 0 fully saturated rings. The molecule has 110 valence electrons. The molecule has 0 bridgehead atoms. The first-order valence-electron chi connectivity index (χ1n) is 6.14. The SMILES string of the molecule is Cc1nc2c(=O)c3cc([N+](=O)[O-])ccc3oc2cc1C(=O)O. The van der Waals surface area contributed by atoms with E-state index in [0.717, 1.165) is 6.07 Å². The van der Waals surface area contributed by atoms with Crippen molar-refractivity contribution in [2.75, 3.05) is 0 Å². The van der Waals surface area contributed by atoms with Gasteiger partial charge in [-0.05, 0) is 19.1 Å². The number of carboxylic acid groups (broad SMARTS) is 1. The summed E-state index contributed by atoms with van der Waals surface area (Å²) >= 11 is 0. The molecular weight excluding hydrogens is 292 g/mol. The van der Waals surface area contributed by atoms with Crippen molar-refractivity contribution in [2.24, 2.45) is 0 Å². The zero-order valence-corrected chi connectivity index (χ0v) is 11.2. The van der Waals surface area contributed by atoms with Gasteiger partial charge in [-0.1, -0.05) is 0 Å². The Morgan fingerprint density at radius 3 is 2.68 bits per heavy atom. The summed E-state index contributed by atoms with van der Waals surface area (Å²) in [6.07, 6.45) is 0. The number of nitro groups is 1. The van der Waals surface area contributed by atoms with Crippen LogP contribution in [0, 0.1) is 17.0 Å².